The van der Waals surface area contributed by atoms with Gasteiger partial charge in [0.05, 0.1) is 0 Å². The molecule has 1 aromatic carbocycles. The minimum Gasteiger partial charge on any atom is -0.352 e. The summed E-state index contributed by atoms with van der Waals surface area (Å²) in [5.74, 6) is -0.655. The van der Waals surface area contributed by atoms with E-state index in [2.05, 4.69) is 10.6 Å². The third kappa shape index (κ3) is 3.89. The van der Waals surface area contributed by atoms with Crippen LogP contribution in [-0.4, -0.2) is 35.3 Å². The van der Waals surface area contributed by atoms with E-state index in [0.29, 0.717) is 5.56 Å². The molecule has 2 fully saturated rings. The number of rotatable bonds is 4. The molecule has 1 saturated heterocycles. The smallest absolute Gasteiger partial charge is 0.325 e. The number of nitrogens with one attached hydrogen (secondary N) is 2. The molecule has 1 aliphatic heterocycles. The number of hydrogen-bond acceptors (Lipinski definition) is 3. The van der Waals surface area contributed by atoms with E-state index in [0.717, 1.165) is 30.6 Å². The molecule has 2 aliphatic rings. The summed E-state index contributed by atoms with van der Waals surface area (Å²) in [5, 5.41) is 5.74. The van der Waals surface area contributed by atoms with Gasteiger partial charge in [0.1, 0.15) is 12.1 Å². The molecule has 0 unspecified atom stereocenters. The number of urea groups is 1. The van der Waals surface area contributed by atoms with E-state index < -0.39 is 11.6 Å². The molecule has 140 valence electrons. The van der Waals surface area contributed by atoms with Gasteiger partial charge >= 0.3 is 6.03 Å². The summed E-state index contributed by atoms with van der Waals surface area (Å²) >= 11 is 0. The summed E-state index contributed by atoms with van der Waals surface area (Å²) in [4.78, 5) is 38.6. The van der Waals surface area contributed by atoms with Gasteiger partial charge in [0, 0.05) is 6.04 Å². The van der Waals surface area contributed by atoms with Crippen LogP contribution in [0.3, 0.4) is 0 Å². The van der Waals surface area contributed by atoms with Crippen molar-refractivity contribution in [2.75, 3.05) is 6.54 Å². The molecule has 2 N–H and O–H groups in total. The average molecular weight is 357 g/mol. The van der Waals surface area contributed by atoms with Crippen molar-refractivity contribution in [2.45, 2.75) is 63.5 Å². The summed E-state index contributed by atoms with van der Waals surface area (Å²) in [6.07, 6.45) is 7.83. The van der Waals surface area contributed by atoms with E-state index >= 15 is 0 Å². The highest BCUT2D eigenvalue weighted by atomic mass is 16.2. The fourth-order valence-electron chi connectivity index (χ4n) is 3.83. The first-order valence-corrected chi connectivity index (χ1v) is 9.50. The van der Waals surface area contributed by atoms with E-state index in [4.69, 9.17) is 0 Å². The molecule has 1 atom stereocenters. The predicted octanol–water partition coefficient (Wildman–Crippen LogP) is 2.68. The van der Waals surface area contributed by atoms with Gasteiger partial charge in [-0.1, -0.05) is 62.4 Å². The minimum atomic E-state index is -1.13. The number of carbonyl (C=O) groups is 3. The largest absolute Gasteiger partial charge is 0.352 e. The van der Waals surface area contributed by atoms with E-state index in [1.54, 1.807) is 19.1 Å². The zero-order chi connectivity index (χ0) is 18.6. The van der Waals surface area contributed by atoms with Crippen LogP contribution in [0, 0.1) is 0 Å². The second kappa shape index (κ2) is 7.89. The van der Waals surface area contributed by atoms with Gasteiger partial charge in [0.2, 0.25) is 5.91 Å². The average Bonchev–Trinajstić information content (AvgIpc) is 2.82. The third-order valence-electron chi connectivity index (χ3n) is 5.40. The van der Waals surface area contributed by atoms with Crippen molar-refractivity contribution in [3.8, 4) is 0 Å². The van der Waals surface area contributed by atoms with Crippen LogP contribution in [0.4, 0.5) is 4.79 Å². The molecule has 0 aromatic heterocycles. The Morgan fingerprint density at radius 1 is 1.12 bits per heavy atom. The van der Waals surface area contributed by atoms with Gasteiger partial charge in [0.25, 0.3) is 5.91 Å². The highest BCUT2D eigenvalue weighted by Gasteiger charge is 2.49. The quantitative estimate of drug-likeness (QED) is 0.813. The van der Waals surface area contributed by atoms with Crippen molar-refractivity contribution in [3.63, 3.8) is 0 Å². The Balaban J connectivity index is 1.63. The van der Waals surface area contributed by atoms with Crippen molar-refractivity contribution in [1.82, 2.24) is 15.5 Å². The summed E-state index contributed by atoms with van der Waals surface area (Å²) in [5.41, 5.74) is -0.417. The first-order chi connectivity index (χ1) is 12.5. The van der Waals surface area contributed by atoms with E-state index in [-0.39, 0.29) is 24.4 Å². The number of carbonyl (C=O) groups excluding carboxylic acids is 3. The molecule has 1 heterocycles. The fraction of sp³-hybridized carbons (Fsp3) is 0.550. The van der Waals surface area contributed by atoms with Crippen LogP contribution in [0.2, 0.25) is 0 Å². The molecular weight excluding hydrogens is 330 g/mol. The molecule has 1 saturated carbocycles. The number of imide groups is 1. The maximum atomic E-state index is 12.8. The molecule has 3 rings (SSSR count). The van der Waals surface area contributed by atoms with E-state index in [1.165, 1.54) is 19.3 Å². The summed E-state index contributed by atoms with van der Waals surface area (Å²) in [7, 11) is 0. The summed E-state index contributed by atoms with van der Waals surface area (Å²) in [6.45, 7) is 1.44. The Morgan fingerprint density at radius 3 is 2.38 bits per heavy atom. The molecule has 6 nitrogen and oxygen atoms in total. The lowest BCUT2D eigenvalue weighted by Crippen LogP contribution is -2.45. The number of nitrogens with zero attached hydrogens (tertiary/aromatic N) is 1. The van der Waals surface area contributed by atoms with Crippen LogP contribution in [0.25, 0.3) is 0 Å². The maximum absolute atomic E-state index is 12.8. The molecule has 4 amide bonds. The first kappa shape index (κ1) is 18.4. The van der Waals surface area contributed by atoms with Crippen LogP contribution in [0.1, 0.15) is 57.4 Å². The predicted molar refractivity (Wildman–Crippen MR) is 98.3 cm³/mol. The Labute approximate surface area is 154 Å². The molecule has 0 radical (unpaired) electrons. The standard InChI is InChI=1S/C20H27N3O3/c1-20(15-10-6-5-7-11-15)18(25)23(19(26)22-20)14-17(24)21-16-12-8-3-2-4-9-13-16/h5-7,10-11,16H,2-4,8-9,12-14H2,1H3,(H,21,24)(H,22,26)/t20-/m1/s1. The summed E-state index contributed by atoms with van der Waals surface area (Å²) in [6, 6.07) is 8.73. The van der Waals surface area contributed by atoms with Crippen LogP contribution in [-0.2, 0) is 15.1 Å². The van der Waals surface area contributed by atoms with Gasteiger partial charge in [-0.25, -0.2) is 4.79 Å². The molecule has 0 bridgehead atoms. The zero-order valence-corrected chi connectivity index (χ0v) is 15.3. The van der Waals surface area contributed by atoms with Gasteiger partial charge in [0.15, 0.2) is 0 Å². The molecular formula is C20H27N3O3. The highest BCUT2D eigenvalue weighted by molar-refractivity contribution is 6.09. The normalized spacial score (nSPS) is 24.7. The number of benzene rings is 1. The molecule has 6 heteroatoms. The van der Waals surface area contributed by atoms with Gasteiger partial charge in [-0.15, -0.1) is 0 Å². The van der Waals surface area contributed by atoms with Crippen LogP contribution >= 0.6 is 0 Å². The Morgan fingerprint density at radius 2 is 1.73 bits per heavy atom. The molecule has 1 aromatic rings. The van der Waals surface area contributed by atoms with Crippen LogP contribution in [0.5, 0.6) is 0 Å². The first-order valence-electron chi connectivity index (χ1n) is 9.50. The second-order valence-electron chi connectivity index (χ2n) is 7.42. The SMILES string of the molecule is C[C@]1(c2ccccc2)NC(=O)N(CC(=O)NC2CCCCCCC2)C1=O. The molecule has 1 aliphatic carbocycles. The monoisotopic (exact) mass is 357 g/mol. The maximum Gasteiger partial charge on any atom is 0.325 e. The lowest BCUT2D eigenvalue weighted by molar-refractivity contribution is -0.135. The van der Waals surface area contributed by atoms with Crippen LogP contribution in [0.15, 0.2) is 30.3 Å². The van der Waals surface area contributed by atoms with Crippen molar-refractivity contribution in [1.29, 1.82) is 0 Å². The van der Waals surface area contributed by atoms with Gasteiger partial charge in [-0.3, -0.25) is 14.5 Å². The number of amides is 4. The van der Waals surface area contributed by atoms with Crippen molar-refractivity contribution < 1.29 is 14.4 Å². The number of hydrogen-bond donors (Lipinski definition) is 2. The molecule has 26 heavy (non-hydrogen) atoms. The molecule has 0 spiro atoms. The van der Waals surface area contributed by atoms with Crippen molar-refractivity contribution in [3.05, 3.63) is 35.9 Å². The van der Waals surface area contributed by atoms with Crippen molar-refractivity contribution >= 4 is 17.8 Å². The van der Waals surface area contributed by atoms with Gasteiger partial charge in [-0.05, 0) is 25.3 Å². The third-order valence-corrected chi connectivity index (χ3v) is 5.40. The second-order valence-corrected chi connectivity index (χ2v) is 7.42. The van der Waals surface area contributed by atoms with Gasteiger partial charge in [-0.2, -0.15) is 0 Å². The zero-order valence-electron chi connectivity index (χ0n) is 15.3. The van der Waals surface area contributed by atoms with Crippen LogP contribution < -0.4 is 10.6 Å². The topological polar surface area (TPSA) is 78.5 Å². The van der Waals surface area contributed by atoms with Crippen molar-refractivity contribution in [2.24, 2.45) is 0 Å². The Hall–Kier alpha value is -2.37. The Bertz CT molecular complexity index is 668. The van der Waals surface area contributed by atoms with Gasteiger partial charge < -0.3 is 10.6 Å². The lowest BCUT2D eigenvalue weighted by atomic mass is 9.92. The highest BCUT2D eigenvalue weighted by Crippen LogP contribution is 2.28. The van der Waals surface area contributed by atoms with E-state index in [1.807, 2.05) is 18.2 Å². The summed E-state index contributed by atoms with van der Waals surface area (Å²) < 4.78 is 0. The fourth-order valence-corrected chi connectivity index (χ4v) is 3.83. The van der Waals surface area contributed by atoms with E-state index in [9.17, 15) is 14.4 Å². The minimum absolute atomic E-state index is 0.143. The Kier molecular flexibility index (Phi) is 5.59. The lowest BCUT2D eigenvalue weighted by Gasteiger charge is -2.23.